The average molecular weight is 336 g/mol. The van der Waals surface area contributed by atoms with Crippen LogP contribution < -0.4 is 15.9 Å². The van der Waals surface area contributed by atoms with Gasteiger partial charge < -0.3 is 15.6 Å². The smallest absolute Gasteiger partial charge is 0.307 e. The van der Waals surface area contributed by atoms with E-state index >= 15 is 0 Å². The van der Waals surface area contributed by atoms with Gasteiger partial charge in [-0.3, -0.25) is 9.59 Å². The molecule has 122 valence electrons. The summed E-state index contributed by atoms with van der Waals surface area (Å²) < 4.78 is 1.67. The number of hydrogen-bond acceptors (Lipinski definition) is 4. The molecule has 0 saturated carbocycles. The minimum atomic E-state index is -0.0451. The molecule has 0 aliphatic carbocycles. The van der Waals surface area contributed by atoms with Gasteiger partial charge in [-0.15, -0.1) is 12.4 Å². The fourth-order valence-corrected chi connectivity index (χ4v) is 3.00. The van der Waals surface area contributed by atoms with Gasteiger partial charge in [0.1, 0.15) is 0 Å². The Balaban J connectivity index is 0.00000400. The highest BCUT2D eigenvalue weighted by Gasteiger charge is 2.14. The first-order valence-electron chi connectivity index (χ1n) is 7.01. The molecule has 3 N–H and O–H groups in total. The van der Waals surface area contributed by atoms with Crippen molar-refractivity contribution in [2.24, 2.45) is 11.7 Å². The third-order valence-electron chi connectivity index (χ3n) is 3.34. The molecule has 21 heavy (non-hydrogen) atoms. The number of aromatic nitrogens is 1. The van der Waals surface area contributed by atoms with Gasteiger partial charge in [-0.1, -0.05) is 25.2 Å². The van der Waals surface area contributed by atoms with Crippen molar-refractivity contribution in [2.75, 3.05) is 6.54 Å². The average Bonchev–Trinajstić information content (AvgIpc) is 2.60. The number of rotatable bonds is 7. The minimum absolute atomic E-state index is 0. The van der Waals surface area contributed by atoms with Gasteiger partial charge in [0.25, 0.3) is 0 Å². The van der Waals surface area contributed by atoms with E-state index in [1.54, 1.807) is 4.57 Å². The van der Waals surface area contributed by atoms with Gasteiger partial charge in [-0.05, 0) is 26.2 Å². The molecule has 1 atom stereocenters. The molecule has 1 heterocycles. The molecular formula is C14H26ClN3O2S. The largest absolute Gasteiger partial charge is 0.352 e. The number of hydrogen-bond donors (Lipinski definition) is 2. The van der Waals surface area contributed by atoms with Crippen LogP contribution in [0.15, 0.2) is 4.79 Å². The Kier molecular flexibility index (Phi) is 8.85. The van der Waals surface area contributed by atoms with Crippen LogP contribution in [0.1, 0.15) is 37.3 Å². The molecule has 7 heteroatoms. The first kappa shape index (κ1) is 20.1. The van der Waals surface area contributed by atoms with Crippen molar-refractivity contribution in [1.82, 2.24) is 9.88 Å². The van der Waals surface area contributed by atoms with Crippen molar-refractivity contribution in [1.29, 1.82) is 0 Å². The Morgan fingerprint density at radius 3 is 2.43 bits per heavy atom. The molecule has 1 unspecified atom stereocenters. The molecule has 0 bridgehead atoms. The number of carbonyl (C=O) groups is 1. The van der Waals surface area contributed by atoms with Crippen LogP contribution in [0.2, 0.25) is 0 Å². The minimum Gasteiger partial charge on any atom is -0.352 e. The van der Waals surface area contributed by atoms with Crippen LogP contribution in [-0.2, 0) is 11.3 Å². The lowest BCUT2D eigenvalue weighted by Crippen LogP contribution is -2.41. The van der Waals surface area contributed by atoms with Crippen LogP contribution in [-0.4, -0.2) is 23.1 Å². The van der Waals surface area contributed by atoms with E-state index < -0.39 is 0 Å². The van der Waals surface area contributed by atoms with Gasteiger partial charge in [0.05, 0.1) is 0 Å². The molecule has 1 rings (SSSR count). The Morgan fingerprint density at radius 2 is 2.00 bits per heavy atom. The predicted octanol–water partition coefficient (Wildman–Crippen LogP) is 1.83. The summed E-state index contributed by atoms with van der Waals surface area (Å²) in [6.45, 7) is 8.91. The summed E-state index contributed by atoms with van der Waals surface area (Å²) in [5, 5.41) is 2.94. The number of thiazole rings is 1. The SMILES string of the molecule is Cc1sc(=O)n(CCC(=O)NC(CN)CC(C)C)c1C.Cl. The summed E-state index contributed by atoms with van der Waals surface area (Å²) in [4.78, 5) is 24.7. The Hall–Kier alpha value is -0.850. The number of aryl methyl sites for hydroxylation is 1. The van der Waals surface area contributed by atoms with Gasteiger partial charge in [0.2, 0.25) is 5.91 Å². The molecule has 0 spiro atoms. The fourth-order valence-electron chi connectivity index (χ4n) is 2.14. The zero-order valence-corrected chi connectivity index (χ0v) is 14.8. The molecule has 0 aromatic carbocycles. The van der Waals surface area contributed by atoms with E-state index in [1.165, 1.54) is 11.3 Å². The Labute approximate surface area is 136 Å². The molecule has 1 amide bonds. The third-order valence-corrected chi connectivity index (χ3v) is 4.34. The maximum atomic E-state index is 11.9. The van der Waals surface area contributed by atoms with E-state index in [0.29, 0.717) is 25.4 Å². The van der Waals surface area contributed by atoms with Crippen molar-refractivity contribution in [3.05, 3.63) is 20.2 Å². The highest BCUT2D eigenvalue weighted by molar-refractivity contribution is 7.09. The van der Waals surface area contributed by atoms with Crippen LogP contribution in [0.3, 0.4) is 0 Å². The number of nitrogens with zero attached hydrogens (tertiary/aromatic N) is 1. The lowest BCUT2D eigenvalue weighted by Gasteiger charge is -2.18. The van der Waals surface area contributed by atoms with Crippen LogP contribution in [0.25, 0.3) is 0 Å². The van der Waals surface area contributed by atoms with Crippen LogP contribution >= 0.6 is 23.7 Å². The second kappa shape index (κ2) is 9.23. The van der Waals surface area contributed by atoms with E-state index in [0.717, 1.165) is 17.0 Å². The van der Waals surface area contributed by atoms with Gasteiger partial charge in [-0.2, -0.15) is 0 Å². The maximum absolute atomic E-state index is 11.9. The van der Waals surface area contributed by atoms with Crippen molar-refractivity contribution in [3.63, 3.8) is 0 Å². The standard InChI is InChI=1S/C14H25N3O2S.ClH/c1-9(2)7-12(8-15)16-13(18)5-6-17-10(3)11(4)20-14(17)19;/h9,12H,5-8,15H2,1-4H3,(H,16,18);1H. The molecule has 1 aromatic rings. The van der Waals surface area contributed by atoms with Crippen molar-refractivity contribution >= 4 is 29.7 Å². The van der Waals surface area contributed by atoms with Gasteiger partial charge in [0, 0.05) is 36.1 Å². The Bertz CT molecular complexity index is 511. The summed E-state index contributed by atoms with van der Waals surface area (Å²) in [5.74, 6) is 0.449. The van der Waals surface area contributed by atoms with Crippen molar-refractivity contribution < 1.29 is 4.79 Å². The Morgan fingerprint density at radius 1 is 1.38 bits per heavy atom. The quantitative estimate of drug-likeness (QED) is 0.798. The van der Waals surface area contributed by atoms with E-state index in [1.807, 2.05) is 13.8 Å². The number of nitrogens with two attached hydrogens (primary N) is 1. The monoisotopic (exact) mass is 335 g/mol. The fraction of sp³-hybridized carbons (Fsp3) is 0.714. The van der Waals surface area contributed by atoms with E-state index in [9.17, 15) is 9.59 Å². The van der Waals surface area contributed by atoms with E-state index in [-0.39, 0.29) is 29.2 Å². The molecule has 0 aliphatic rings. The van der Waals surface area contributed by atoms with Crippen LogP contribution in [0, 0.1) is 19.8 Å². The summed E-state index contributed by atoms with van der Waals surface area (Å²) in [5.41, 5.74) is 6.61. The van der Waals surface area contributed by atoms with E-state index in [2.05, 4.69) is 19.2 Å². The second-order valence-corrected chi connectivity index (χ2v) is 6.71. The number of nitrogens with one attached hydrogen (secondary N) is 1. The molecule has 0 aliphatic heterocycles. The summed E-state index contributed by atoms with van der Waals surface area (Å²) in [7, 11) is 0. The van der Waals surface area contributed by atoms with Gasteiger partial charge in [0.15, 0.2) is 0 Å². The topological polar surface area (TPSA) is 77.1 Å². The maximum Gasteiger partial charge on any atom is 0.307 e. The molecule has 1 aromatic heterocycles. The molecule has 5 nitrogen and oxygen atoms in total. The van der Waals surface area contributed by atoms with E-state index in [4.69, 9.17) is 5.73 Å². The summed E-state index contributed by atoms with van der Waals surface area (Å²) in [6.07, 6.45) is 1.18. The first-order valence-corrected chi connectivity index (χ1v) is 7.83. The zero-order chi connectivity index (χ0) is 15.3. The highest BCUT2D eigenvalue weighted by Crippen LogP contribution is 2.10. The third kappa shape index (κ3) is 6.20. The van der Waals surface area contributed by atoms with Gasteiger partial charge >= 0.3 is 4.87 Å². The second-order valence-electron chi connectivity index (χ2n) is 5.54. The van der Waals surface area contributed by atoms with Crippen LogP contribution in [0.4, 0.5) is 0 Å². The van der Waals surface area contributed by atoms with Crippen molar-refractivity contribution in [3.8, 4) is 0 Å². The number of halogens is 1. The lowest BCUT2D eigenvalue weighted by molar-refractivity contribution is -0.122. The first-order chi connectivity index (χ1) is 9.35. The highest BCUT2D eigenvalue weighted by atomic mass is 35.5. The summed E-state index contributed by atoms with van der Waals surface area (Å²) >= 11 is 1.23. The zero-order valence-electron chi connectivity index (χ0n) is 13.1. The van der Waals surface area contributed by atoms with Gasteiger partial charge in [-0.25, -0.2) is 0 Å². The molecule has 0 saturated heterocycles. The number of amides is 1. The van der Waals surface area contributed by atoms with Crippen molar-refractivity contribution in [2.45, 2.75) is 53.1 Å². The summed E-state index contributed by atoms with van der Waals surface area (Å²) in [6, 6.07) is 0.0181. The van der Waals surface area contributed by atoms with Crippen LogP contribution in [0.5, 0.6) is 0 Å². The number of carbonyl (C=O) groups excluding carboxylic acids is 1. The lowest BCUT2D eigenvalue weighted by atomic mass is 10.0. The molecule has 0 radical (unpaired) electrons. The normalized spacial score (nSPS) is 12.1. The molecular weight excluding hydrogens is 310 g/mol. The molecule has 0 fully saturated rings. The predicted molar refractivity (Wildman–Crippen MR) is 90.4 cm³/mol.